The first-order chi connectivity index (χ1) is 16.3. The summed E-state index contributed by atoms with van der Waals surface area (Å²) in [5.74, 6) is -1.46. The Balaban J connectivity index is 1.59. The maximum Gasteiger partial charge on any atom is 0.303 e. The van der Waals surface area contributed by atoms with Gasteiger partial charge in [0.2, 0.25) is 5.91 Å². The van der Waals surface area contributed by atoms with Gasteiger partial charge in [-0.05, 0) is 12.1 Å². The van der Waals surface area contributed by atoms with Crippen LogP contribution in [-0.2, 0) is 20.9 Å². The van der Waals surface area contributed by atoms with E-state index >= 15 is 0 Å². The Bertz CT molecular complexity index is 1270. The first-order valence-corrected chi connectivity index (χ1v) is 11.2. The molecule has 1 aliphatic rings. The lowest BCUT2D eigenvalue weighted by Crippen LogP contribution is -2.40. The van der Waals surface area contributed by atoms with Crippen LogP contribution in [0.2, 0.25) is 0 Å². The van der Waals surface area contributed by atoms with Gasteiger partial charge in [-0.15, -0.1) is 11.3 Å². The summed E-state index contributed by atoms with van der Waals surface area (Å²) in [5, 5.41) is 14.8. The monoisotopic (exact) mass is 478 g/mol. The van der Waals surface area contributed by atoms with Crippen molar-refractivity contribution in [3.8, 4) is 0 Å². The number of guanidine groups is 1. The molecule has 0 bridgehead atoms. The van der Waals surface area contributed by atoms with E-state index in [4.69, 9.17) is 15.9 Å². The molecule has 2 aromatic carbocycles. The predicted octanol–water partition coefficient (Wildman–Crippen LogP) is 2.38. The number of rotatable bonds is 6. The van der Waals surface area contributed by atoms with Gasteiger partial charge in [0.25, 0.3) is 5.91 Å². The molecule has 10 nitrogen and oxygen atoms in total. The fourth-order valence-corrected chi connectivity index (χ4v) is 4.42. The molecule has 4 rings (SSSR count). The van der Waals surface area contributed by atoms with Crippen LogP contribution in [0.5, 0.6) is 0 Å². The van der Waals surface area contributed by atoms with E-state index in [0.29, 0.717) is 33.2 Å². The molecule has 0 radical (unpaired) electrons. The molecular weight excluding hydrogens is 456 g/mol. The zero-order chi connectivity index (χ0) is 24.2. The Hall–Kier alpha value is -4.25. The topological polar surface area (TPSA) is 150 Å². The first-order valence-electron chi connectivity index (χ1n) is 10.3. The van der Waals surface area contributed by atoms with Gasteiger partial charge < -0.3 is 21.1 Å². The first kappa shape index (κ1) is 22.9. The van der Waals surface area contributed by atoms with E-state index in [1.165, 1.54) is 23.2 Å². The number of thiazole rings is 1. The second-order valence-electron chi connectivity index (χ2n) is 7.49. The summed E-state index contributed by atoms with van der Waals surface area (Å²) in [4.78, 5) is 43.8. The zero-order valence-electron chi connectivity index (χ0n) is 18.2. The average molecular weight is 479 g/mol. The van der Waals surface area contributed by atoms with Crippen molar-refractivity contribution in [3.05, 3.63) is 76.3 Å². The smallest absolute Gasteiger partial charge is 0.303 e. The molecule has 3 aromatic rings. The molecule has 5 N–H and O–H groups in total. The standard InChI is InChI=1S/C23H22N6O4S/c1-13(30)33-20-15-6-2-3-7-16(15)21(32)29(18-9-5-4-8-17(18)20)11-19(31)26-10-14-12-34-23(27-14)28-22(24)25/h2-9,12,20H,10-11H2,1H3,(H,26,31)(H4,24,25,27,28). The number of ether oxygens (including phenoxy) is 1. The lowest BCUT2D eigenvalue weighted by atomic mass is 9.97. The number of fused-ring (bicyclic) bond motifs is 2. The Morgan fingerprint density at radius 3 is 2.62 bits per heavy atom. The Labute approximate surface area is 199 Å². The van der Waals surface area contributed by atoms with Gasteiger partial charge in [0.05, 0.1) is 17.9 Å². The molecule has 1 aromatic heterocycles. The summed E-state index contributed by atoms with van der Waals surface area (Å²) in [6.07, 6.45) is -0.774. The molecule has 0 spiro atoms. The third-order valence-corrected chi connectivity index (χ3v) is 5.88. The SMILES string of the molecule is CC(=O)OC1c2ccccc2C(=O)N(CC(=O)NCc2csc(NC(=N)N)n2)c2ccccc21. The number of carbonyl (C=O) groups excluding carboxylic acids is 3. The minimum absolute atomic E-state index is 0.144. The van der Waals surface area contributed by atoms with Crippen LogP contribution in [0, 0.1) is 5.41 Å². The summed E-state index contributed by atoms with van der Waals surface area (Å²) in [7, 11) is 0. The van der Waals surface area contributed by atoms with Crippen LogP contribution < -0.4 is 21.3 Å². The summed E-state index contributed by atoms with van der Waals surface area (Å²) >= 11 is 1.26. The number of carbonyl (C=O) groups is 3. The third-order valence-electron chi connectivity index (χ3n) is 5.07. The maximum atomic E-state index is 13.5. The van der Waals surface area contributed by atoms with Crippen molar-refractivity contribution in [1.82, 2.24) is 10.3 Å². The fraction of sp³-hybridized carbons (Fsp3) is 0.174. The lowest BCUT2D eigenvalue weighted by molar-refractivity contribution is -0.144. The van der Waals surface area contributed by atoms with Crippen molar-refractivity contribution >= 4 is 45.9 Å². The van der Waals surface area contributed by atoms with E-state index in [-0.39, 0.29) is 30.9 Å². The van der Waals surface area contributed by atoms with E-state index in [1.54, 1.807) is 53.9 Å². The molecule has 1 aliphatic heterocycles. The number of nitrogens with one attached hydrogen (secondary N) is 3. The zero-order valence-corrected chi connectivity index (χ0v) is 19.0. The lowest BCUT2D eigenvalue weighted by Gasteiger charge is -2.23. The van der Waals surface area contributed by atoms with Gasteiger partial charge in [-0.1, -0.05) is 36.4 Å². The number of benzene rings is 2. The molecule has 1 unspecified atom stereocenters. The number of nitrogens with two attached hydrogens (primary N) is 1. The van der Waals surface area contributed by atoms with Crippen LogP contribution in [0.1, 0.15) is 40.2 Å². The highest BCUT2D eigenvalue weighted by Crippen LogP contribution is 2.39. The van der Waals surface area contributed by atoms with Gasteiger partial charge in [-0.2, -0.15) is 0 Å². The highest BCUT2D eigenvalue weighted by molar-refractivity contribution is 7.13. The summed E-state index contributed by atoms with van der Waals surface area (Å²) in [5.41, 5.74) is 7.91. The van der Waals surface area contributed by atoms with E-state index in [2.05, 4.69) is 15.6 Å². The van der Waals surface area contributed by atoms with Crippen molar-refractivity contribution in [2.24, 2.45) is 5.73 Å². The van der Waals surface area contributed by atoms with E-state index < -0.39 is 12.1 Å². The number of anilines is 2. The molecule has 1 atom stereocenters. The van der Waals surface area contributed by atoms with E-state index in [1.807, 2.05) is 0 Å². The maximum absolute atomic E-state index is 13.5. The van der Waals surface area contributed by atoms with Gasteiger partial charge in [0.15, 0.2) is 17.2 Å². The van der Waals surface area contributed by atoms with Gasteiger partial charge >= 0.3 is 5.97 Å². The summed E-state index contributed by atoms with van der Waals surface area (Å²) < 4.78 is 5.61. The quantitative estimate of drug-likeness (QED) is 0.241. The average Bonchev–Trinajstić information content (AvgIpc) is 3.22. The fourth-order valence-electron chi connectivity index (χ4n) is 3.70. The van der Waals surface area contributed by atoms with Crippen LogP contribution >= 0.6 is 11.3 Å². The molecule has 0 saturated heterocycles. The number of esters is 1. The van der Waals surface area contributed by atoms with Gasteiger partial charge in [-0.25, -0.2) is 4.98 Å². The summed E-state index contributed by atoms with van der Waals surface area (Å²) in [6, 6.07) is 14.0. The Morgan fingerprint density at radius 1 is 1.18 bits per heavy atom. The number of para-hydroxylation sites is 1. The predicted molar refractivity (Wildman–Crippen MR) is 128 cm³/mol. The molecule has 2 heterocycles. The van der Waals surface area contributed by atoms with E-state index in [0.717, 1.165) is 0 Å². The molecule has 34 heavy (non-hydrogen) atoms. The number of hydrogen-bond donors (Lipinski definition) is 4. The largest absolute Gasteiger partial charge is 0.453 e. The molecular formula is C23H22N6O4S. The highest BCUT2D eigenvalue weighted by Gasteiger charge is 2.34. The molecule has 0 fully saturated rings. The number of aromatic nitrogens is 1. The van der Waals surface area contributed by atoms with Crippen molar-refractivity contribution in [1.29, 1.82) is 5.41 Å². The number of amides is 2. The normalized spacial score (nSPS) is 14.4. The van der Waals surface area contributed by atoms with Crippen LogP contribution in [0.3, 0.4) is 0 Å². The molecule has 0 aliphatic carbocycles. The van der Waals surface area contributed by atoms with Crippen molar-refractivity contribution in [2.75, 3.05) is 16.8 Å². The van der Waals surface area contributed by atoms with Crippen molar-refractivity contribution in [2.45, 2.75) is 19.6 Å². The Kier molecular flexibility index (Phi) is 6.55. The van der Waals surface area contributed by atoms with Crippen LogP contribution in [-0.4, -0.2) is 35.3 Å². The third kappa shape index (κ3) is 4.89. The van der Waals surface area contributed by atoms with Gasteiger partial charge in [0, 0.05) is 29.0 Å². The summed E-state index contributed by atoms with van der Waals surface area (Å²) in [6.45, 7) is 1.23. The second-order valence-corrected chi connectivity index (χ2v) is 8.34. The molecule has 174 valence electrons. The highest BCUT2D eigenvalue weighted by atomic mass is 32.1. The van der Waals surface area contributed by atoms with Crippen molar-refractivity contribution < 1.29 is 19.1 Å². The molecule has 11 heteroatoms. The van der Waals surface area contributed by atoms with Crippen molar-refractivity contribution in [3.63, 3.8) is 0 Å². The second kappa shape index (κ2) is 9.71. The van der Waals surface area contributed by atoms with Gasteiger partial charge in [0.1, 0.15) is 6.54 Å². The van der Waals surface area contributed by atoms with E-state index in [9.17, 15) is 14.4 Å². The number of nitrogens with zero attached hydrogens (tertiary/aromatic N) is 2. The Morgan fingerprint density at radius 2 is 1.88 bits per heavy atom. The van der Waals surface area contributed by atoms with Crippen LogP contribution in [0.25, 0.3) is 0 Å². The number of hydrogen-bond acceptors (Lipinski definition) is 7. The molecule has 0 saturated carbocycles. The van der Waals surface area contributed by atoms with Gasteiger partial charge in [-0.3, -0.25) is 24.7 Å². The minimum Gasteiger partial charge on any atom is -0.453 e. The molecule has 2 amide bonds. The van der Waals surface area contributed by atoms with Crippen LogP contribution in [0.4, 0.5) is 10.8 Å². The minimum atomic E-state index is -0.774. The van der Waals surface area contributed by atoms with Crippen LogP contribution in [0.15, 0.2) is 53.9 Å².